The fourth-order valence-corrected chi connectivity index (χ4v) is 4.61. The molecule has 3 aromatic rings. The molecule has 0 spiro atoms. The van der Waals surface area contributed by atoms with Crippen LogP contribution in [0.15, 0.2) is 24.5 Å². The molecule has 1 aromatic carbocycles. The molecule has 5 rings (SSSR count). The van der Waals surface area contributed by atoms with Gasteiger partial charge in [-0.3, -0.25) is 4.79 Å². The molecule has 0 saturated heterocycles. The van der Waals surface area contributed by atoms with Crippen LogP contribution in [0.3, 0.4) is 0 Å². The predicted octanol–water partition coefficient (Wildman–Crippen LogP) is 4.69. The van der Waals surface area contributed by atoms with Crippen LogP contribution in [-0.4, -0.2) is 44.7 Å². The molecule has 0 radical (unpaired) electrons. The standard InChI is InChI=1S/C25H28F2N4O3/c1-13-20(25(33)31-17-4-2-3-5-18(17)32)22-23(30-13)21(28-12-29-22)16-10-15(24(26)27)8-9-19(16)34-11-14-6-7-14/h8-10,12,14,17-18,24,30,32H,2-7,11H2,1H3,(H,31,33)/t17-,18-/m0/s1. The van der Waals surface area contributed by atoms with Gasteiger partial charge in [-0.05, 0) is 56.7 Å². The maximum Gasteiger partial charge on any atom is 0.263 e. The third kappa shape index (κ3) is 4.49. The summed E-state index contributed by atoms with van der Waals surface area (Å²) < 4.78 is 33.0. The van der Waals surface area contributed by atoms with Crippen molar-refractivity contribution in [3.63, 3.8) is 0 Å². The monoisotopic (exact) mass is 470 g/mol. The molecule has 2 atom stereocenters. The number of halogens is 2. The number of carbonyl (C=O) groups excluding carboxylic acids is 1. The number of H-pyrrole nitrogens is 1. The van der Waals surface area contributed by atoms with Crippen LogP contribution in [0.5, 0.6) is 5.75 Å². The molecule has 0 aliphatic heterocycles. The fraction of sp³-hybridized carbons (Fsp3) is 0.480. The van der Waals surface area contributed by atoms with Crippen molar-refractivity contribution in [3.8, 4) is 17.0 Å². The van der Waals surface area contributed by atoms with Crippen molar-refractivity contribution in [2.45, 2.75) is 64.0 Å². The lowest BCUT2D eigenvalue weighted by atomic mass is 9.92. The van der Waals surface area contributed by atoms with E-state index >= 15 is 0 Å². The number of hydrogen-bond acceptors (Lipinski definition) is 5. The normalized spacial score (nSPS) is 20.6. The molecule has 3 N–H and O–H groups in total. The smallest absolute Gasteiger partial charge is 0.263 e. The number of aliphatic hydroxyl groups excluding tert-OH is 1. The number of hydrogen-bond donors (Lipinski definition) is 3. The Kier molecular flexibility index (Phi) is 6.20. The van der Waals surface area contributed by atoms with Crippen molar-refractivity contribution >= 4 is 16.9 Å². The highest BCUT2D eigenvalue weighted by Crippen LogP contribution is 2.38. The van der Waals surface area contributed by atoms with Gasteiger partial charge in [0.25, 0.3) is 12.3 Å². The van der Waals surface area contributed by atoms with E-state index in [1.54, 1.807) is 13.0 Å². The van der Waals surface area contributed by atoms with Gasteiger partial charge in [0.05, 0.1) is 29.8 Å². The van der Waals surface area contributed by atoms with Crippen molar-refractivity contribution < 1.29 is 23.4 Å². The maximum absolute atomic E-state index is 13.5. The van der Waals surface area contributed by atoms with Crippen LogP contribution < -0.4 is 10.1 Å². The molecule has 2 saturated carbocycles. The van der Waals surface area contributed by atoms with Gasteiger partial charge in [0.2, 0.25) is 0 Å². The second-order valence-corrected chi connectivity index (χ2v) is 9.31. The van der Waals surface area contributed by atoms with Gasteiger partial charge < -0.3 is 20.1 Å². The quantitative estimate of drug-likeness (QED) is 0.465. The predicted molar refractivity (Wildman–Crippen MR) is 123 cm³/mol. The SMILES string of the molecule is Cc1[nH]c2c(-c3cc(C(F)F)ccc3OCC3CC3)ncnc2c1C(=O)N[C@H]1CCCC[C@@H]1O. The van der Waals surface area contributed by atoms with E-state index in [-0.39, 0.29) is 17.5 Å². The second kappa shape index (κ2) is 9.29. The number of alkyl halides is 2. The lowest BCUT2D eigenvalue weighted by Crippen LogP contribution is -2.45. The number of nitrogens with zero attached hydrogens (tertiary/aromatic N) is 2. The molecule has 0 bridgehead atoms. The summed E-state index contributed by atoms with van der Waals surface area (Å²) in [6.45, 7) is 2.29. The first-order valence-electron chi connectivity index (χ1n) is 11.8. The first kappa shape index (κ1) is 22.7. The van der Waals surface area contributed by atoms with Crippen molar-refractivity contribution in [1.82, 2.24) is 20.3 Å². The number of aryl methyl sites for hydroxylation is 1. The van der Waals surface area contributed by atoms with Crippen LogP contribution in [-0.2, 0) is 0 Å². The fourth-order valence-electron chi connectivity index (χ4n) is 4.61. The van der Waals surface area contributed by atoms with Gasteiger partial charge in [-0.1, -0.05) is 12.8 Å². The van der Waals surface area contributed by atoms with E-state index in [1.807, 2.05) is 0 Å². The molecule has 2 aliphatic carbocycles. The highest BCUT2D eigenvalue weighted by atomic mass is 19.3. The molecule has 2 aliphatic rings. The van der Waals surface area contributed by atoms with Crippen molar-refractivity contribution in [2.75, 3.05) is 6.61 Å². The number of amides is 1. The first-order valence-corrected chi connectivity index (χ1v) is 11.8. The molecular formula is C25H28F2N4O3. The average molecular weight is 471 g/mol. The van der Waals surface area contributed by atoms with Crippen molar-refractivity contribution in [1.29, 1.82) is 0 Å². The van der Waals surface area contributed by atoms with Gasteiger partial charge in [0.15, 0.2) is 0 Å². The Morgan fingerprint density at radius 1 is 1.24 bits per heavy atom. The molecule has 7 nitrogen and oxygen atoms in total. The van der Waals surface area contributed by atoms with Crippen LogP contribution in [0.2, 0.25) is 0 Å². The summed E-state index contributed by atoms with van der Waals surface area (Å²) in [6.07, 6.45) is 3.60. The summed E-state index contributed by atoms with van der Waals surface area (Å²) >= 11 is 0. The van der Waals surface area contributed by atoms with E-state index in [0.717, 1.165) is 32.1 Å². The number of carbonyl (C=O) groups is 1. The third-order valence-corrected chi connectivity index (χ3v) is 6.73. The van der Waals surface area contributed by atoms with E-state index in [1.165, 1.54) is 18.5 Å². The average Bonchev–Trinajstić information content (AvgIpc) is 3.58. The Balaban J connectivity index is 1.54. The number of aliphatic hydroxyl groups is 1. The van der Waals surface area contributed by atoms with Crippen LogP contribution in [0.25, 0.3) is 22.3 Å². The van der Waals surface area contributed by atoms with Gasteiger partial charge in [0, 0.05) is 16.8 Å². The Morgan fingerprint density at radius 2 is 2.03 bits per heavy atom. The highest BCUT2D eigenvalue weighted by Gasteiger charge is 2.28. The summed E-state index contributed by atoms with van der Waals surface area (Å²) in [5.41, 5.74) is 2.54. The molecule has 34 heavy (non-hydrogen) atoms. The summed E-state index contributed by atoms with van der Waals surface area (Å²) in [5, 5.41) is 13.2. The highest BCUT2D eigenvalue weighted by molar-refractivity contribution is 6.09. The summed E-state index contributed by atoms with van der Waals surface area (Å²) in [7, 11) is 0. The lowest BCUT2D eigenvalue weighted by Gasteiger charge is -2.28. The van der Waals surface area contributed by atoms with Crippen LogP contribution in [0.1, 0.15) is 66.6 Å². The van der Waals surface area contributed by atoms with Gasteiger partial charge in [-0.15, -0.1) is 0 Å². The van der Waals surface area contributed by atoms with E-state index in [2.05, 4.69) is 20.3 Å². The van der Waals surface area contributed by atoms with Crippen molar-refractivity contribution in [2.24, 2.45) is 5.92 Å². The van der Waals surface area contributed by atoms with E-state index in [4.69, 9.17) is 4.74 Å². The number of rotatable bonds is 7. The summed E-state index contributed by atoms with van der Waals surface area (Å²) in [6, 6.07) is 4.00. The number of nitrogens with one attached hydrogen (secondary N) is 2. The third-order valence-electron chi connectivity index (χ3n) is 6.73. The van der Waals surface area contributed by atoms with E-state index in [0.29, 0.717) is 58.2 Å². The molecule has 180 valence electrons. The number of benzene rings is 1. The number of fused-ring (bicyclic) bond motifs is 1. The maximum atomic E-state index is 13.5. The zero-order valence-corrected chi connectivity index (χ0v) is 19.0. The van der Waals surface area contributed by atoms with Crippen molar-refractivity contribution in [3.05, 3.63) is 41.3 Å². The molecule has 2 fully saturated rings. The van der Waals surface area contributed by atoms with Gasteiger partial charge in [-0.25, -0.2) is 18.7 Å². The topological polar surface area (TPSA) is 100 Å². The van der Waals surface area contributed by atoms with Crippen LogP contribution >= 0.6 is 0 Å². The molecule has 9 heteroatoms. The van der Waals surface area contributed by atoms with E-state index in [9.17, 15) is 18.7 Å². The molecular weight excluding hydrogens is 442 g/mol. The molecule has 2 heterocycles. The van der Waals surface area contributed by atoms with Gasteiger partial charge in [0.1, 0.15) is 23.3 Å². The van der Waals surface area contributed by atoms with Gasteiger partial charge in [-0.2, -0.15) is 0 Å². The summed E-state index contributed by atoms with van der Waals surface area (Å²) in [5.74, 6) is 0.636. The number of aromatic nitrogens is 3. The Labute approximate surface area is 196 Å². The Morgan fingerprint density at radius 3 is 2.76 bits per heavy atom. The minimum atomic E-state index is -2.64. The number of ether oxygens (including phenoxy) is 1. The Bertz CT molecular complexity index is 1210. The van der Waals surface area contributed by atoms with Crippen LogP contribution in [0.4, 0.5) is 8.78 Å². The zero-order valence-electron chi connectivity index (χ0n) is 19.0. The largest absolute Gasteiger partial charge is 0.493 e. The molecule has 1 amide bonds. The lowest BCUT2D eigenvalue weighted by molar-refractivity contribution is 0.0718. The van der Waals surface area contributed by atoms with E-state index < -0.39 is 12.5 Å². The second-order valence-electron chi connectivity index (χ2n) is 9.31. The minimum absolute atomic E-state index is 0.131. The van der Waals surface area contributed by atoms with Gasteiger partial charge >= 0.3 is 0 Å². The summed E-state index contributed by atoms with van der Waals surface area (Å²) in [4.78, 5) is 25.1. The molecule has 0 unspecified atom stereocenters. The minimum Gasteiger partial charge on any atom is -0.493 e. The molecule has 2 aromatic heterocycles. The van der Waals surface area contributed by atoms with Crippen LogP contribution in [0, 0.1) is 12.8 Å². The Hall–Kier alpha value is -3.07. The first-order chi connectivity index (χ1) is 16.4. The number of aromatic amines is 1. The zero-order chi connectivity index (χ0) is 23.8.